The molecule has 0 unspecified atom stereocenters. The lowest BCUT2D eigenvalue weighted by molar-refractivity contribution is -0.139. The highest BCUT2D eigenvalue weighted by molar-refractivity contribution is 6.35. The van der Waals surface area contributed by atoms with Crippen molar-refractivity contribution in [1.82, 2.24) is 10.9 Å². The van der Waals surface area contributed by atoms with Crippen molar-refractivity contribution in [3.8, 4) is 22.6 Å². The molecular weight excluding hydrogens is 568 g/mol. The highest BCUT2D eigenvalue weighted by atomic mass is 16.5. The van der Waals surface area contributed by atoms with Gasteiger partial charge in [0.15, 0.2) is 0 Å². The number of nitrogens with zero attached hydrogens (tertiary/aromatic N) is 2. The number of carbonyl (C=O) groups excluding carboxylic acids is 4. The van der Waals surface area contributed by atoms with Crippen LogP contribution < -0.4 is 10.9 Å². The number of hydrazone groups is 2. The van der Waals surface area contributed by atoms with Crippen molar-refractivity contribution in [2.24, 2.45) is 10.2 Å². The molecule has 4 aromatic rings. The summed E-state index contributed by atoms with van der Waals surface area (Å²) in [5, 5.41) is 7.46. The zero-order valence-electron chi connectivity index (χ0n) is 24.4. The van der Waals surface area contributed by atoms with Crippen LogP contribution in [0.5, 0.6) is 0 Å². The smallest absolute Gasteiger partial charge is 0.338 e. The lowest BCUT2D eigenvalue weighted by Gasteiger charge is -2.07. The molecule has 12 heteroatoms. The molecule has 0 atom stereocenters. The number of hydrogen-bond donors (Lipinski definition) is 2. The minimum absolute atomic E-state index is 0.217. The zero-order valence-corrected chi connectivity index (χ0v) is 24.4. The summed E-state index contributed by atoms with van der Waals surface area (Å²) < 4.78 is 21.7. The molecule has 0 spiro atoms. The summed E-state index contributed by atoms with van der Waals surface area (Å²) in [6.07, 6.45) is 2.03. The Labute approximate surface area is 252 Å². The van der Waals surface area contributed by atoms with Crippen molar-refractivity contribution in [1.29, 1.82) is 0 Å². The van der Waals surface area contributed by atoms with Gasteiger partial charge >= 0.3 is 23.8 Å². The summed E-state index contributed by atoms with van der Waals surface area (Å²) in [6.45, 7) is 7.10. The second kappa shape index (κ2) is 14.4. The standard InChI is InChI=1S/C32H30N4O8/c1-19(2)41-31(39)23-9-5-21(6-10-23)27-15-13-25(43-27)17-33-35-29(37)30(38)36-34-18-26-14-16-28(44-26)22-7-11-24(12-8-22)32(40)42-20(3)4/h5-20H,1-4H3,(H,35,37)(H,36,38). The predicted molar refractivity (Wildman–Crippen MR) is 161 cm³/mol. The fraction of sp³-hybridized carbons (Fsp3) is 0.188. The normalized spacial score (nSPS) is 11.3. The SMILES string of the molecule is CC(C)OC(=O)c1ccc(-c2ccc(C=NNC(=O)C(=O)NN=Cc3ccc(-c4ccc(C(=O)OC(C)C)cc4)o3)o2)cc1. The first-order valence-electron chi connectivity index (χ1n) is 13.6. The Bertz CT molecular complexity index is 1550. The van der Waals surface area contributed by atoms with Crippen molar-refractivity contribution < 1.29 is 37.5 Å². The number of ether oxygens (including phenoxy) is 2. The maximum absolute atomic E-state index is 12.0. The molecule has 0 saturated carbocycles. The molecule has 12 nitrogen and oxygen atoms in total. The number of hydrogen-bond acceptors (Lipinski definition) is 10. The Morgan fingerprint density at radius 3 is 1.30 bits per heavy atom. The van der Waals surface area contributed by atoms with Crippen LogP contribution in [0.15, 0.2) is 91.8 Å². The van der Waals surface area contributed by atoms with E-state index in [9.17, 15) is 19.2 Å². The molecule has 2 N–H and O–H groups in total. The van der Waals surface area contributed by atoms with Crippen LogP contribution in [0.1, 0.15) is 59.9 Å². The van der Waals surface area contributed by atoms with Gasteiger partial charge in [-0.05, 0) is 76.2 Å². The van der Waals surface area contributed by atoms with Gasteiger partial charge in [0.05, 0.1) is 35.8 Å². The third-order valence-corrected chi connectivity index (χ3v) is 5.67. The van der Waals surface area contributed by atoms with Crippen molar-refractivity contribution >= 4 is 36.2 Å². The summed E-state index contributed by atoms with van der Waals surface area (Å²) in [5.74, 6) is -1.26. The second-order valence-electron chi connectivity index (χ2n) is 9.87. The number of carbonyl (C=O) groups is 4. The molecule has 0 saturated heterocycles. The maximum atomic E-state index is 12.0. The van der Waals surface area contributed by atoms with E-state index >= 15 is 0 Å². The minimum atomic E-state index is -1.05. The molecule has 0 aliphatic heterocycles. The molecule has 2 aromatic heterocycles. The Morgan fingerprint density at radius 1 is 0.591 bits per heavy atom. The lowest BCUT2D eigenvalue weighted by atomic mass is 10.1. The van der Waals surface area contributed by atoms with E-state index in [1.807, 2.05) is 0 Å². The van der Waals surface area contributed by atoms with Crippen LogP contribution >= 0.6 is 0 Å². The molecule has 2 amide bonds. The molecule has 0 aliphatic rings. The van der Waals surface area contributed by atoms with Gasteiger partial charge in [-0.1, -0.05) is 24.3 Å². The van der Waals surface area contributed by atoms with Crippen LogP contribution in [0.3, 0.4) is 0 Å². The summed E-state index contributed by atoms with van der Waals surface area (Å²) in [6, 6.07) is 20.1. The Kier molecular flexibility index (Phi) is 10.2. The fourth-order valence-electron chi connectivity index (χ4n) is 3.67. The Hall–Kier alpha value is -5.78. The average Bonchev–Trinajstić information content (AvgIpc) is 3.67. The van der Waals surface area contributed by atoms with Crippen molar-refractivity contribution in [2.45, 2.75) is 39.9 Å². The molecule has 226 valence electrons. The number of amides is 2. The maximum Gasteiger partial charge on any atom is 0.338 e. The van der Waals surface area contributed by atoms with E-state index in [0.29, 0.717) is 34.2 Å². The van der Waals surface area contributed by atoms with E-state index in [1.54, 1.807) is 100 Å². The Balaban J connectivity index is 1.24. The van der Waals surface area contributed by atoms with Crippen LogP contribution in [0.4, 0.5) is 0 Å². The molecule has 44 heavy (non-hydrogen) atoms. The van der Waals surface area contributed by atoms with Crippen molar-refractivity contribution in [2.75, 3.05) is 0 Å². The topological polar surface area (TPSA) is 162 Å². The Morgan fingerprint density at radius 2 is 0.955 bits per heavy atom. The van der Waals surface area contributed by atoms with E-state index in [1.165, 1.54) is 12.4 Å². The molecule has 0 aliphatic carbocycles. The molecule has 0 radical (unpaired) electrons. The largest absolute Gasteiger partial charge is 0.459 e. The third-order valence-electron chi connectivity index (χ3n) is 5.67. The van der Waals surface area contributed by atoms with Gasteiger partial charge in [0.2, 0.25) is 0 Å². The summed E-state index contributed by atoms with van der Waals surface area (Å²) in [7, 11) is 0. The van der Waals surface area contributed by atoms with Crippen LogP contribution in [0.2, 0.25) is 0 Å². The predicted octanol–water partition coefficient (Wildman–Crippen LogP) is 4.94. The first-order chi connectivity index (χ1) is 21.1. The van der Waals surface area contributed by atoms with E-state index in [4.69, 9.17) is 18.3 Å². The fourth-order valence-corrected chi connectivity index (χ4v) is 3.67. The second-order valence-corrected chi connectivity index (χ2v) is 9.87. The molecule has 4 rings (SSSR count). The van der Waals surface area contributed by atoms with Gasteiger partial charge in [0.25, 0.3) is 0 Å². The first kappa shape index (κ1) is 31.2. The lowest BCUT2D eigenvalue weighted by Crippen LogP contribution is -2.35. The zero-order chi connectivity index (χ0) is 31.6. The average molecular weight is 599 g/mol. The summed E-state index contributed by atoms with van der Waals surface area (Å²) >= 11 is 0. The molecule has 2 aromatic carbocycles. The quantitative estimate of drug-likeness (QED) is 0.112. The van der Waals surface area contributed by atoms with E-state index < -0.39 is 23.8 Å². The van der Waals surface area contributed by atoms with Crippen LogP contribution in [-0.2, 0) is 19.1 Å². The minimum Gasteiger partial charge on any atom is -0.459 e. The number of benzene rings is 2. The van der Waals surface area contributed by atoms with Crippen LogP contribution in [0.25, 0.3) is 22.6 Å². The summed E-state index contributed by atoms with van der Waals surface area (Å²) in [4.78, 5) is 48.1. The van der Waals surface area contributed by atoms with Crippen molar-refractivity contribution in [3.63, 3.8) is 0 Å². The van der Waals surface area contributed by atoms with E-state index in [2.05, 4.69) is 21.1 Å². The molecular formula is C32H30N4O8. The van der Waals surface area contributed by atoms with Crippen LogP contribution in [0, 0.1) is 0 Å². The highest BCUT2D eigenvalue weighted by Crippen LogP contribution is 2.23. The van der Waals surface area contributed by atoms with Gasteiger partial charge < -0.3 is 18.3 Å². The number of nitrogens with one attached hydrogen (secondary N) is 2. The van der Waals surface area contributed by atoms with Gasteiger partial charge in [0.1, 0.15) is 23.0 Å². The third kappa shape index (κ3) is 8.61. The van der Waals surface area contributed by atoms with Gasteiger partial charge in [-0.2, -0.15) is 10.2 Å². The van der Waals surface area contributed by atoms with Gasteiger partial charge in [-0.3, -0.25) is 9.59 Å². The van der Waals surface area contributed by atoms with Crippen LogP contribution in [-0.4, -0.2) is 48.4 Å². The number of esters is 2. The molecule has 0 bridgehead atoms. The summed E-state index contributed by atoms with van der Waals surface area (Å²) in [5.41, 5.74) is 6.46. The number of rotatable bonds is 10. The van der Waals surface area contributed by atoms with E-state index in [-0.39, 0.29) is 12.2 Å². The molecule has 2 heterocycles. The number of furan rings is 2. The van der Waals surface area contributed by atoms with Gasteiger partial charge in [-0.25, -0.2) is 20.4 Å². The van der Waals surface area contributed by atoms with Gasteiger partial charge in [0, 0.05) is 11.1 Å². The van der Waals surface area contributed by atoms with E-state index in [0.717, 1.165) is 11.1 Å². The first-order valence-corrected chi connectivity index (χ1v) is 13.6. The highest BCUT2D eigenvalue weighted by Gasteiger charge is 2.14. The monoisotopic (exact) mass is 598 g/mol. The van der Waals surface area contributed by atoms with Crippen molar-refractivity contribution in [3.05, 3.63) is 95.4 Å². The molecule has 0 fully saturated rings. The van der Waals surface area contributed by atoms with Gasteiger partial charge in [-0.15, -0.1) is 0 Å².